The van der Waals surface area contributed by atoms with Crippen LogP contribution in [0.2, 0.25) is 5.02 Å². The second-order valence-corrected chi connectivity index (χ2v) is 7.07. The van der Waals surface area contributed by atoms with Gasteiger partial charge < -0.3 is 10.0 Å². The van der Waals surface area contributed by atoms with E-state index >= 15 is 0 Å². The molecule has 0 saturated carbocycles. The number of likely N-dealkylation sites (tertiary alicyclic amines) is 1. The minimum atomic E-state index is -0.752. The Hall–Kier alpha value is -1.55. The predicted octanol–water partition coefficient (Wildman–Crippen LogP) is 4.11. The lowest BCUT2D eigenvalue weighted by Gasteiger charge is -2.39. The molecular formula is C19H26ClNO3. The zero-order valence-corrected chi connectivity index (χ0v) is 15.2. The molecule has 1 aromatic rings. The molecule has 0 bridgehead atoms. The second-order valence-electron chi connectivity index (χ2n) is 6.63. The highest BCUT2D eigenvalue weighted by atomic mass is 35.5. The van der Waals surface area contributed by atoms with Gasteiger partial charge in [0.2, 0.25) is 5.91 Å². The first-order valence-electron chi connectivity index (χ1n) is 8.70. The van der Waals surface area contributed by atoms with Gasteiger partial charge in [0.15, 0.2) is 0 Å². The van der Waals surface area contributed by atoms with Gasteiger partial charge in [-0.2, -0.15) is 0 Å². The molecule has 2 rings (SSSR count). The lowest BCUT2D eigenvalue weighted by atomic mass is 9.74. The molecular weight excluding hydrogens is 326 g/mol. The molecule has 0 aromatic heterocycles. The summed E-state index contributed by atoms with van der Waals surface area (Å²) in [6.07, 6.45) is 3.20. The van der Waals surface area contributed by atoms with E-state index in [-0.39, 0.29) is 18.2 Å². The standard InChI is InChI=1S/C19H26ClNO3/c1-3-19(4-2,15-5-7-16(20)8-6-15)18(24)21-11-9-14(10-12-21)13-17(22)23/h5-8,14H,3-4,9-13H2,1-2H3,(H,22,23). The molecule has 0 radical (unpaired) electrons. The van der Waals surface area contributed by atoms with Gasteiger partial charge in [0.05, 0.1) is 5.41 Å². The SMILES string of the molecule is CCC(CC)(C(=O)N1CCC(CC(=O)O)CC1)c1ccc(Cl)cc1. The van der Waals surface area contributed by atoms with Crippen LogP contribution in [0.15, 0.2) is 24.3 Å². The van der Waals surface area contributed by atoms with Crippen LogP contribution in [0, 0.1) is 5.92 Å². The third-order valence-corrected chi connectivity index (χ3v) is 5.63. The van der Waals surface area contributed by atoms with Crippen LogP contribution in [0.5, 0.6) is 0 Å². The zero-order chi connectivity index (χ0) is 17.7. The van der Waals surface area contributed by atoms with E-state index in [1.807, 2.05) is 43.0 Å². The molecule has 1 saturated heterocycles. The summed E-state index contributed by atoms with van der Waals surface area (Å²) in [6.45, 7) is 5.39. The monoisotopic (exact) mass is 351 g/mol. The lowest BCUT2D eigenvalue weighted by molar-refractivity contribution is -0.140. The molecule has 1 aromatic carbocycles. The number of rotatable bonds is 6. The average molecular weight is 352 g/mol. The quantitative estimate of drug-likeness (QED) is 0.839. The number of amides is 1. The minimum Gasteiger partial charge on any atom is -0.481 e. The van der Waals surface area contributed by atoms with Gasteiger partial charge in [-0.15, -0.1) is 0 Å². The van der Waals surface area contributed by atoms with Crippen molar-refractivity contribution in [3.8, 4) is 0 Å². The first-order valence-corrected chi connectivity index (χ1v) is 9.08. The van der Waals surface area contributed by atoms with Crippen molar-refractivity contribution in [3.05, 3.63) is 34.9 Å². The number of piperidine rings is 1. The summed E-state index contributed by atoms with van der Waals surface area (Å²) in [4.78, 5) is 26.0. The molecule has 24 heavy (non-hydrogen) atoms. The molecule has 0 atom stereocenters. The largest absolute Gasteiger partial charge is 0.481 e. The van der Waals surface area contributed by atoms with Crippen molar-refractivity contribution in [2.45, 2.75) is 51.4 Å². The Morgan fingerprint density at radius 2 is 1.71 bits per heavy atom. The predicted molar refractivity (Wildman–Crippen MR) is 95.3 cm³/mol. The van der Waals surface area contributed by atoms with Crippen LogP contribution < -0.4 is 0 Å². The minimum absolute atomic E-state index is 0.156. The molecule has 1 aliphatic heterocycles. The Morgan fingerprint density at radius 1 is 1.17 bits per heavy atom. The van der Waals surface area contributed by atoms with Gasteiger partial charge in [-0.25, -0.2) is 0 Å². The maximum Gasteiger partial charge on any atom is 0.303 e. The number of nitrogens with zero attached hydrogens (tertiary/aromatic N) is 1. The molecule has 1 N–H and O–H groups in total. The summed E-state index contributed by atoms with van der Waals surface area (Å²) in [7, 11) is 0. The Balaban J connectivity index is 2.15. The van der Waals surface area contributed by atoms with Crippen LogP contribution in [-0.4, -0.2) is 35.0 Å². The fraction of sp³-hybridized carbons (Fsp3) is 0.579. The van der Waals surface area contributed by atoms with Gasteiger partial charge in [0.25, 0.3) is 0 Å². The Morgan fingerprint density at radius 3 is 2.17 bits per heavy atom. The normalized spacial score (nSPS) is 16.2. The van der Waals surface area contributed by atoms with E-state index in [9.17, 15) is 9.59 Å². The Bertz CT molecular complexity index is 573. The summed E-state index contributed by atoms with van der Waals surface area (Å²) >= 11 is 5.99. The molecule has 1 fully saturated rings. The van der Waals surface area contributed by atoms with Crippen molar-refractivity contribution >= 4 is 23.5 Å². The molecule has 4 nitrogen and oxygen atoms in total. The van der Waals surface area contributed by atoms with Crippen LogP contribution in [-0.2, 0) is 15.0 Å². The van der Waals surface area contributed by atoms with Gasteiger partial charge in [-0.3, -0.25) is 9.59 Å². The highest BCUT2D eigenvalue weighted by Gasteiger charge is 2.40. The number of carbonyl (C=O) groups excluding carboxylic acids is 1. The molecule has 1 aliphatic rings. The van der Waals surface area contributed by atoms with E-state index in [4.69, 9.17) is 16.7 Å². The number of carboxylic acids is 1. The van der Waals surface area contributed by atoms with E-state index in [1.165, 1.54) is 0 Å². The number of carbonyl (C=O) groups is 2. The van der Waals surface area contributed by atoms with Crippen molar-refractivity contribution in [2.24, 2.45) is 5.92 Å². The van der Waals surface area contributed by atoms with Gasteiger partial charge in [-0.05, 0) is 49.3 Å². The Kier molecular flexibility index (Phi) is 6.27. The van der Waals surface area contributed by atoms with Gasteiger partial charge in [-0.1, -0.05) is 37.6 Å². The average Bonchev–Trinajstić information content (AvgIpc) is 2.58. The van der Waals surface area contributed by atoms with Crippen molar-refractivity contribution in [1.82, 2.24) is 4.90 Å². The van der Waals surface area contributed by atoms with Gasteiger partial charge in [0, 0.05) is 24.5 Å². The number of hydrogen-bond acceptors (Lipinski definition) is 2. The van der Waals surface area contributed by atoms with Crippen molar-refractivity contribution in [3.63, 3.8) is 0 Å². The highest BCUT2D eigenvalue weighted by Crippen LogP contribution is 2.36. The number of halogens is 1. The second kappa shape index (κ2) is 8.02. The van der Waals surface area contributed by atoms with E-state index in [2.05, 4.69) is 0 Å². The van der Waals surface area contributed by atoms with E-state index in [0.29, 0.717) is 18.1 Å². The van der Waals surface area contributed by atoms with E-state index in [0.717, 1.165) is 31.2 Å². The van der Waals surface area contributed by atoms with Gasteiger partial charge in [0.1, 0.15) is 0 Å². The fourth-order valence-electron chi connectivity index (χ4n) is 3.74. The van der Waals surface area contributed by atoms with Crippen LogP contribution in [0.25, 0.3) is 0 Å². The summed E-state index contributed by atoms with van der Waals surface area (Å²) < 4.78 is 0. The number of carboxylic acid groups (broad SMARTS) is 1. The van der Waals surface area contributed by atoms with Crippen LogP contribution in [0.1, 0.15) is 51.5 Å². The fourth-order valence-corrected chi connectivity index (χ4v) is 3.87. The molecule has 132 valence electrons. The third kappa shape index (κ3) is 3.92. The topological polar surface area (TPSA) is 57.6 Å². The van der Waals surface area contributed by atoms with Crippen LogP contribution in [0.3, 0.4) is 0 Å². The zero-order valence-electron chi connectivity index (χ0n) is 14.4. The molecule has 0 unspecified atom stereocenters. The third-order valence-electron chi connectivity index (χ3n) is 5.38. The summed E-state index contributed by atoms with van der Waals surface area (Å²) in [5.41, 5.74) is 0.485. The van der Waals surface area contributed by atoms with Crippen molar-refractivity contribution in [1.29, 1.82) is 0 Å². The first kappa shape index (κ1) is 18.8. The first-order chi connectivity index (χ1) is 11.4. The van der Waals surface area contributed by atoms with Crippen LogP contribution in [0.4, 0.5) is 0 Å². The summed E-state index contributed by atoms with van der Waals surface area (Å²) in [6, 6.07) is 7.57. The number of benzene rings is 1. The van der Waals surface area contributed by atoms with Crippen molar-refractivity contribution in [2.75, 3.05) is 13.1 Å². The lowest BCUT2D eigenvalue weighted by Crippen LogP contribution is -2.49. The number of hydrogen-bond donors (Lipinski definition) is 1. The van der Waals surface area contributed by atoms with Gasteiger partial charge >= 0.3 is 5.97 Å². The van der Waals surface area contributed by atoms with Crippen molar-refractivity contribution < 1.29 is 14.7 Å². The smallest absolute Gasteiger partial charge is 0.303 e. The van der Waals surface area contributed by atoms with Crippen LogP contribution >= 0.6 is 11.6 Å². The van der Waals surface area contributed by atoms with E-state index in [1.54, 1.807) is 0 Å². The molecule has 0 spiro atoms. The summed E-state index contributed by atoms with van der Waals surface area (Å²) in [5.74, 6) is -0.416. The maximum absolute atomic E-state index is 13.3. The number of aliphatic carboxylic acids is 1. The van der Waals surface area contributed by atoms with E-state index < -0.39 is 11.4 Å². The summed E-state index contributed by atoms with van der Waals surface area (Å²) in [5, 5.41) is 9.59. The molecule has 1 heterocycles. The molecule has 1 amide bonds. The Labute approximate surface area is 148 Å². The highest BCUT2D eigenvalue weighted by molar-refractivity contribution is 6.30. The maximum atomic E-state index is 13.3. The molecule has 0 aliphatic carbocycles. The molecule has 5 heteroatoms.